The van der Waals surface area contributed by atoms with E-state index in [-0.39, 0.29) is 46.3 Å². The number of aliphatic carboxylic acids is 3. The van der Waals surface area contributed by atoms with E-state index in [1.165, 1.54) is 0 Å². The first-order valence-corrected chi connectivity index (χ1v) is 2.72. The predicted octanol–water partition coefficient (Wildman–Crippen LogP) is -4.56. The second kappa shape index (κ2) is 23.0. The van der Waals surface area contributed by atoms with Crippen molar-refractivity contribution < 1.29 is 76.0 Å². The SMILES string of the molecule is CC(=O)[O-].CC(=O)[O-].CC(=O)[O-].O.[Nd+3]. The Kier molecular flexibility index (Phi) is 47.9. The molecule has 14 heavy (non-hydrogen) atoms. The van der Waals surface area contributed by atoms with Gasteiger partial charge >= 0.3 is 40.8 Å². The van der Waals surface area contributed by atoms with Crippen molar-refractivity contribution in [3.63, 3.8) is 0 Å². The molecule has 0 fully saturated rings. The first-order valence-electron chi connectivity index (χ1n) is 2.72. The largest absolute Gasteiger partial charge is 3.00 e. The molecule has 0 aliphatic carbocycles. The van der Waals surface area contributed by atoms with Crippen molar-refractivity contribution in [2.45, 2.75) is 20.8 Å². The van der Waals surface area contributed by atoms with E-state index >= 15 is 0 Å². The average Bonchev–Trinajstić information content (AvgIpc) is 1.54. The molecule has 0 amide bonds. The molecule has 0 aliphatic rings. The summed E-state index contributed by atoms with van der Waals surface area (Å²) < 4.78 is 0. The zero-order chi connectivity index (χ0) is 10.7. The number of carbonyl (C=O) groups excluding carboxylic acids is 3. The van der Waals surface area contributed by atoms with E-state index in [0.29, 0.717) is 0 Å². The third-order valence-corrected chi connectivity index (χ3v) is 0. The Balaban J connectivity index is -0.0000000270. The van der Waals surface area contributed by atoms with Gasteiger partial charge in [-0.15, -0.1) is 0 Å². The Bertz CT molecular complexity index is 116. The van der Waals surface area contributed by atoms with Crippen LogP contribution in [0.25, 0.3) is 0 Å². The maximum atomic E-state index is 8.89. The number of rotatable bonds is 0. The van der Waals surface area contributed by atoms with Gasteiger partial charge in [-0.25, -0.2) is 0 Å². The maximum Gasteiger partial charge on any atom is 3.00 e. The van der Waals surface area contributed by atoms with Crippen molar-refractivity contribution >= 4 is 17.9 Å². The molecule has 0 aliphatic heterocycles. The van der Waals surface area contributed by atoms with Crippen LogP contribution in [0.1, 0.15) is 20.8 Å². The number of hydrogen-bond acceptors (Lipinski definition) is 6. The van der Waals surface area contributed by atoms with Gasteiger partial charge in [-0.05, 0) is 20.8 Å². The fraction of sp³-hybridized carbons (Fsp3) is 0.500. The third kappa shape index (κ3) is 17300. The normalized spacial score (nSPS) is 5.36. The van der Waals surface area contributed by atoms with E-state index in [1.54, 1.807) is 0 Å². The monoisotopic (exact) mass is 337 g/mol. The van der Waals surface area contributed by atoms with Crippen molar-refractivity contribution in [1.82, 2.24) is 0 Å². The number of carboxylic acids is 3. The van der Waals surface area contributed by atoms with Gasteiger partial charge in [0.15, 0.2) is 0 Å². The van der Waals surface area contributed by atoms with Crippen molar-refractivity contribution in [2.24, 2.45) is 0 Å². The van der Waals surface area contributed by atoms with Crippen LogP contribution in [0.2, 0.25) is 0 Å². The van der Waals surface area contributed by atoms with Crippen LogP contribution >= 0.6 is 0 Å². The molecule has 0 spiro atoms. The van der Waals surface area contributed by atoms with Gasteiger partial charge in [-0.3, -0.25) is 0 Å². The molecule has 0 aromatic carbocycles. The third-order valence-electron chi connectivity index (χ3n) is 0. The Labute approximate surface area is 114 Å². The van der Waals surface area contributed by atoms with Crippen LogP contribution in [0, 0.1) is 40.8 Å². The summed E-state index contributed by atoms with van der Waals surface area (Å²) in [6, 6.07) is 0. The zero-order valence-electron chi connectivity index (χ0n) is 7.95. The van der Waals surface area contributed by atoms with Gasteiger partial charge in [0.05, 0.1) is 0 Å². The molecule has 0 aromatic rings. The molecule has 81 valence electrons. The summed E-state index contributed by atoms with van der Waals surface area (Å²) in [5.41, 5.74) is 0. The Hall–Kier alpha value is -0.279. The fourth-order valence-corrected chi connectivity index (χ4v) is 0. The molecule has 0 unspecified atom stereocenters. The summed E-state index contributed by atoms with van der Waals surface area (Å²) >= 11 is 0. The molecular formula is C6H11NdO7. The molecule has 0 bridgehead atoms. The number of carboxylic acid groups (broad SMARTS) is 3. The topological polar surface area (TPSA) is 152 Å². The zero-order valence-corrected chi connectivity index (χ0v) is 11.2. The Morgan fingerprint density at radius 1 is 0.714 bits per heavy atom. The number of carbonyl (C=O) groups is 3. The molecule has 0 saturated carbocycles. The molecule has 2 N–H and O–H groups in total. The van der Waals surface area contributed by atoms with Gasteiger partial charge in [-0.1, -0.05) is 0 Å². The summed E-state index contributed by atoms with van der Waals surface area (Å²) in [6.45, 7) is 2.92. The minimum Gasteiger partial charge on any atom is -0.550 e. The second-order valence-electron chi connectivity index (χ2n) is 1.47. The molecule has 0 aromatic heterocycles. The summed E-state index contributed by atoms with van der Waals surface area (Å²) in [5.74, 6) is -3.25. The van der Waals surface area contributed by atoms with Crippen LogP contribution in [-0.4, -0.2) is 23.4 Å². The molecule has 8 heteroatoms. The van der Waals surface area contributed by atoms with Crippen LogP contribution in [0.4, 0.5) is 0 Å². The van der Waals surface area contributed by atoms with E-state index < -0.39 is 17.9 Å². The second-order valence-corrected chi connectivity index (χ2v) is 1.47. The minimum atomic E-state index is -1.08. The summed E-state index contributed by atoms with van der Waals surface area (Å²) in [6.07, 6.45) is 0. The van der Waals surface area contributed by atoms with E-state index in [2.05, 4.69) is 0 Å². The van der Waals surface area contributed by atoms with E-state index in [0.717, 1.165) is 20.8 Å². The molecule has 1 radical (unpaired) electrons. The van der Waals surface area contributed by atoms with Gasteiger partial charge < -0.3 is 35.2 Å². The quantitative estimate of drug-likeness (QED) is 0.433. The number of hydrogen-bond donors (Lipinski definition) is 0. The standard InChI is InChI=1S/3C2H4O2.Nd.H2O/c3*1-2(3)4;;/h3*1H3,(H,3,4);;1H2/q;;;+3;/p-3. The van der Waals surface area contributed by atoms with Gasteiger partial charge in [0.1, 0.15) is 0 Å². The van der Waals surface area contributed by atoms with E-state index in [9.17, 15) is 0 Å². The van der Waals surface area contributed by atoms with Crippen molar-refractivity contribution in [3.8, 4) is 0 Å². The molecule has 0 heterocycles. The molecule has 0 rings (SSSR count). The van der Waals surface area contributed by atoms with Crippen LogP contribution in [0.3, 0.4) is 0 Å². The minimum absolute atomic E-state index is 0. The molecular weight excluding hydrogens is 328 g/mol. The first kappa shape index (κ1) is 29.2. The summed E-state index contributed by atoms with van der Waals surface area (Å²) in [7, 11) is 0. The van der Waals surface area contributed by atoms with Crippen molar-refractivity contribution in [3.05, 3.63) is 0 Å². The Morgan fingerprint density at radius 3 is 0.714 bits per heavy atom. The van der Waals surface area contributed by atoms with Crippen LogP contribution < -0.4 is 15.3 Å². The van der Waals surface area contributed by atoms with E-state index in [4.69, 9.17) is 29.7 Å². The summed E-state index contributed by atoms with van der Waals surface area (Å²) in [5, 5.41) is 26.7. The Morgan fingerprint density at radius 2 is 0.714 bits per heavy atom. The van der Waals surface area contributed by atoms with Gasteiger partial charge in [0, 0.05) is 17.9 Å². The van der Waals surface area contributed by atoms with Crippen LogP contribution in [-0.2, 0) is 14.4 Å². The van der Waals surface area contributed by atoms with Crippen LogP contribution in [0.15, 0.2) is 0 Å². The predicted molar refractivity (Wildman–Crippen MR) is 35.7 cm³/mol. The van der Waals surface area contributed by atoms with Crippen molar-refractivity contribution in [2.75, 3.05) is 0 Å². The van der Waals surface area contributed by atoms with Gasteiger partial charge in [0.2, 0.25) is 0 Å². The fourth-order valence-electron chi connectivity index (χ4n) is 0. The van der Waals surface area contributed by atoms with Gasteiger partial charge in [0.25, 0.3) is 0 Å². The first-order chi connectivity index (χ1) is 5.20. The maximum absolute atomic E-state index is 8.89. The van der Waals surface area contributed by atoms with Crippen LogP contribution in [0.5, 0.6) is 0 Å². The van der Waals surface area contributed by atoms with E-state index in [1.807, 2.05) is 0 Å². The average molecular weight is 339 g/mol. The molecule has 0 atom stereocenters. The smallest absolute Gasteiger partial charge is 0.550 e. The molecule has 0 saturated heterocycles. The molecule has 7 nitrogen and oxygen atoms in total. The van der Waals surface area contributed by atoms with Crippen molar-refractivity contribution in [1.29, 1.82) is 0 Å². The van der Waals surface area contributed by atoms with Gasteiger partial charge in [-0.2, -0.15) is 0 Å². The summed E-state index contributed by atoms with van der Waals surface area (Å²) in [4.78, 5) is 26.7.